The van der Waals surface area contributed by atoms with E-state index in [1.165, 1.54) is 0 Å². The molecule has 0 aromatic carbocycles. The Morgan fingerprint density at radius 2 is 0.333 bits per heavy atom. The van der Waals surface area contributed by atoms with Crippen LogP contribution in [0.1, 0.15) is 0 Å². The van der Waals surface area contributed by atoms with Gasteiger partial charge in [0.15, 0.2) is 0 Å². The summed E-state index contributed by atoms with van der Waals surface area (Å²) in [6, 6.07) is 0. The maximum atomic E-state index is 8.61. The quantitative estimate of drug-likeness (QED) is 0.204. The van der Waals surface area contributed by atoms with Crippen molar-refractivity contribution in [3.8, 4) is 0 Å². The summed E-state index contributed by atoms with van der Waals surface area (Å²) in [6.45, 7) is 0. The normalized spacial score (nSPS) is 5.42. The van der Waals surface area contributed by atoms with Crippen LogP contribution in [0.2, 0.25) is 0 Å². The Morgan fingerprint density at radius 3 is 0.333 bits per heavy atom. The van der Waals surface area contributed by atoms with Crippen molar-refractivity contribution in [2.24, 2.45) is 0 Å². The van der Waals surface area contributed by atoms with Crippen LogP contribution in [-0.4, -0.2) is 46.1 Å². The summed E-state index contributed by atoms with van der Waals surface area (Å²) in [7, 11) is 0. The van der Waals surface area contributed by atoms with Crippen molar-refractivity contribution in [3.63, 3.8) is 0 Å². The predicted molar refractivity (Wildman–Crippen MR) is 14.9 cm³/mol. The Labute approximate surface area is 278 Å². The fraction of sp³-hybridized carbons (Fsp3) is 0. The molecule has 0 spiro atoms. The molecule has 0 aliphatic rings. The summed E-state index contributed by atoms with van der Waals surface area (Å²) >= 11 is -21.5. The van der Waals surface area contributed by atoms with Crippen LogP contribution >= 0.6 is 0 Å². The van der Waals surface area contributed by atoms with Crippen LogP contribution in [0.3, 0.4) is 0 Å². The van der Waals surface area contributed by atoms with Crippen molar-refractivity contribution in [1.29, 1.82) is 0 Å². The summed E-state index contributed by atoms with van der Waals surface area (Å²) in [4.78, 5) is 0. The Morgan fingerprint density at radius 1 is 0.333 bits per heavy atom. The molecule has 0 fully saturated rings. The average Bonchev–Trinajstić information content (AvgIpc) is 1.94. The molecular weight excluding hydrogens is 1030 g/mol. The minimum absolute atomic E-state index is 0. The van der Waals surface area contributed by atoms with Crippen LogP contribution in [0, 0.1) is 81.7 Å². The van der Waals surface area contributed by atoms with Gasteiger partial charge in [-0.2, -0.15) is 0 Å². The van der Waals surface area contributed by atoms with Crippen molar-refractivity contribution >= 4 is 46.1 Å². The third-order valence-corrected chi connectivity index (χ3v) is 0. The van der Waals surface area contributed by atoms with E-state index in [2.05, 4.69) is 0 Å². The molecule has 0 aromatic heterocycles. The molecule has 0 bridgehead atoms. The number of rotatable bonds is 0. The molecule has 0 heterocycles. The Bertz CT molecular complexity index is 221. The monoisotopic (exact) mass is 1020 g/mol. The number of hydrogen-bond acceptors (Lipinski definition) is 15. The summed E-state index contributed by atoms with van der Waals surface area (Å²) in [5.74, 6) is 0. The van der Waals surface area contributed by atoms with E-state index in [9.17, 15) is 0 Å². The molecule has 0 atom stereocenters. The van der Waals surface area contributed by atoms with Crippen LogP contribution < -0.4 is 31.8 Å². The van der Waals surface area contributed by atoms with Gasteiger partial charge < -0.3 is 0 Å². The maximum absolute atomic E-state index is 8.61. The standard InChI is InChI=1S/2Mg.2Nd.15O.5Zr/q2*+2;2*+3;;;;;;10*-1;;;;;. The molecule has 24 heteroatoms. The molecule has 0 rings (SSSR count). The van der Waals surface area contributed by atoms with Gasteiger partial charge in [0.2, 0.25) is 0 Å². The zero-order valence-corrected chi connectivity index (χ0v) is 32.6. The first-order valence-electron chi connectivity index (χ1n) is 3.06. The van der Waals surface area contributed by atoms with Gasteiger partial charge in [0.25, 0.3) is 0 Å². The molecule has 0 saturated carbocycles. The van der Waals surface area contributed by atoms with E-state index in [4.69, 9.17) is 45.9 Å². The van der Waals surface area contributed by atoms with Gasteiger partial charge in [0.1, 0.15) is 0 Å². The minimum atomic E-state index is -4.29. The first-order chi connectivity index (χ1) is 8.66. The van der Waals surface area contributed by atoms with Gasteiger partial charge in [0, 0.05) is 0 Å². The van der Waals surface area contributed by atoms with Gasteiger partial charge in [-0.05, 0) is 0 Å². The Balaban J connectivity index is -0.0000000161. The van der Waals surface area contributed by atoms with Crippen LogP contribution in [0.15, 0.2) is 0 Å². The first kappa shape index (κ1) is 57.8. The average molecular weight is 1030 g/mol. The van der Waals surface area contributed by atoms with Gasteiger partial charge in [-0.3, -0.25) is 0 Å². The summed E-state index contributed by atoms with van der Waals surface area (Å²) in [5.41, 5.74) is 0. The van der Waals surface area contributed by atoms with Crippen LogP contribution in [0.5, 0.6) is 0 Å². The van der Waals surface area contributed by atoms with Crippen molar-refractivity contribution in [3.05, 3.63) is 0 Å². The van der Waals surface area contributed by atoms with E-state index in [1.54, 1.807) is 0 Å². The topological polar surface area (TPSA) is 316 Å². The summed E-state index contributed by atoms with van der Waals surface area (Å²) in [6.07, 6.45) is 0. The van der Waals surface area contributed by atoms with E-state index in [0.29, 0.717) is 0 Å². The van der Waals surface area contributed by atoms with Gasteiger partial charge in [-0.15, -0.1) is 0 Å². The third kappa shape index (κ3) is 444. The molecule has 0 aliphatic carbocycles. The summed E-state index contributed by atoms with van der Waals surface area (Å²) in [5, 5.41) is 0. The van der Waals surface area contributed by atoms with Crippen LogP contribution in [-0.2, 0) is 127 Å². The van der Waals surface area contributed by atoms with E-state index in [0.717, 1.165) is 0 Å². The fourth-order valence-electron chi connectivity index (χ4n) is 0. The Kier molecular flexibility index (Phi) is 126. The molecular formula is Mg2Nd2O15Zr5. The van der Waals surface area contributed by atoms with E-state index in [-0.39, 0.29) is 128 Å². The van der Waals surface area contributed by atoms with Gasteiger partial charge in [0.05, 0.1) is 0 Å². The third-order valence-electron chi connectivity index (χ3n) is 0. The van der Waals surface area contributed by atoms with Gasteiger partial charge in [-0.1, -0.05) is 0 Å². The predicted octanol–water partition coefficient (Wildman–Crippen LogP) is -13.3. The molecule has 0 amide bonds. The zero-order valence-electron chi connectivity index (χ0n) is 11.0. The van der Waals surface area contributed by atoms with Crippen LogP contribution in [0.25, 0.3) is 0 Å². The van der Waals surface area contributed by atoms with E-state index >= 15 is 0 Å². The van der Waals surface area contributed by atoms with Crippen molar-refractivity contribution in [2.45, 2.75) is 0 Å². The SMILES string of the molecule is [Mg+2].[Mg+2].[Nd+3].[Nd+3].[O]=[Zr]([O-])[O-].[O]=[Zr]([O-])[O-].[O]=[Zr]([O-])[O-].[O]=[Zr]([O-])[O-].[O]=[Zr]([O-])[O-]. The first-order valence-corrected chi connectivity index (χ1v) is 18.1. The molecule has 0 aromatic rings. The second-order valence-electron chi connectivity index (χ2n) is 1.25. The molecule has 24 heavy (non-hydrogen) atoms. The molecule has 15 nitrogen and oxygen atoms in total. The molecule has 0 unspecified atom stereocenters. The van der Waals surface area contributed by atoms with Crippen molar-refractivity contribution < 1.29 is 241 Å². The van der Waals surface area contributed by atoms with Gasteiger partial charge in [-0.25, -0.2) is 0 Å². The van der Waals surface area contributed by atoms with Crippen LogP contribution in [0.4, 0.5) is 0 Å². The van der Waals surface area contributed by atoms with Gasteiger partial charge >= 0.3 is 287 Å². The molecule has 122 valence electrons. The van der Waals surface area contributed by atoms with Crippen molar-refractivity contribution in [1.82, 2.24) is 0 Å². The molecule has 0 saturated heterocycles. The molecule has 0 N–H and O–H groups in total. The van der Waals surface area contributed by atoms with E-state index in [1.807, 2.05) is 0 Å². The second kappa shape index (κ2) is 52.3. The fourth-order valence-corrected chi connectivity index (χ4v) is 0. The molecule has 0 aliphatic heterocycles. The van der Waals surface area contributed by atoms with E-state index < -0.39 is 113 Å². The zero-order chi connectivity index (χ0) is 17.9. The summed E-state index contributed by atoms with van der Waals surface area (Å²) < 4.78 is 129. The molecule has 2 radical (unpaired) electrons. The number of hydrogen-bond donors (Lipinski definition) is 0. The Hall–Kier alpha value is 7.25. The van der Waals surface area contributed by atoms with Crippen molar-refractivity contribution in [2.75, 3.05) is 0 Å². The second-order valence-corrected chi connectivity index (χ2v) is 7.40.